The Balaban J connectivity index is 2.21. The van der Waals surface area contributed by atoms with E-state index in [1.807, 2.05) is 19.1 Å². The molecule has 100 valence electrons. The smallest absolute Gasteiger partial charge is 0.177 e. The van der Waals surface area contributed by atoms with Crippen LogP contribution in [-0.4, -0.2) is 10.1 Å². The number of rotatable bonds is 2. The SMILES string of the molecule is Cc1cc(F)cc(-c2onc(N)c2-c2cccnc2)c1. The molecule has 0 saturated carbocycles. The van der Waals surface area contributed by atoms with Crippen molar-refractivity contribution in [3.05, 3.63) is 54.1 Å². The van der Waals surface area contributed by atoms with E-state index in [9.17, 15) is 4.39 Å². The molecule has 2 heterocycles. The van der Waals surface area contributed by atoms with Gasteiger partial charge < -0.3 is 10.3 Å². The number of nitrogens with two attached hydrogens (primary N) is 1. The van der Waals surface area contributed by atoms with Gasteiger partial charge in [-0.2, -0.15) is 0 Å². The van der Waals surface area contributed by atoms with Gasteiger partial charge in [0.15, 0.2) is 11.6 Å². The molecule has 0 radical (unpaired) electrons. The Kier molecular flexibility index (Phi) is 2.95. The lowest BCUT2D eigenvalue weighted by Crippen LogP contribution is -1.90. The largest absolute Gasteiger partial charge is 0.380 e. The van der Waals surface area contributed by atoms with E-state index in [0.29, 0.717) is 16.9 Å². The third-order valence-electron chi connectivity index (χ3n) is 2.97. The second-order valence-corrected chi connectivity index (χ2v) is 4.53. The number of pyridine rings is 1. The van der Waals surface area contributed by atoms with Crippen molar-refractivity contribution in [3.8, 4) is 22.5 Å². The molecule has 0 bridgehead atoms. The van der Waals surface area contributed by atoms with Crippen molar-refractivity contribution >= 4 is 5.82 Å². The maximum Gasteiger partial charge on any atom is 0.177 e. The molecule has 0 atom stereocenters. The molecular weight excluding hydrogens is 257 g/mol. The number of hydrogen-bond donors (Lipinski definition) is 1. The fraction of sp³-hybridized carbons (Fsp3) is 0.0667. The van der Waals surface area contributed by atoms with Crippen molar-refractivity contribution < 1.29 is 8.91 Å². The van der Waals surface area contributed by atoms with Crippen molar-refractivity contribution in [2.24, 2.45) is 0 Å². The minimum absolute atomic E-state index is 0.259. The van der Waals surface area contributed by atoms with Gasteiger partial charge in [0.1, 0.15) is 5.82 Å². The first-order valence-corrected chi connectivity index (χ1v) is 6.08. The lowest BCUT2D eigenvalue weighted by molar-refractivity contribution is 0.435. The van der Waals surface area contributed by atoms with Crippen LogP contribution >= 0.6 is 0 Å². The van der Waals surface area contributed by atoms with Crippen LogP contribution in [-0.2, 0) is 0 Å². The van der Waals surface area contributed by atoms with Crippen LogP contribution in [0.3, 0.4) is 0 Å². The molecule has 1 aromatic carbocycles. The Morgan fingerprint density at radius 1 is 1.20 bits per heavy atom. The topological polar surface area (TPSA) is 64.9 Å². The molecule has 4 nitrogen and oxygen atoms in total. The van der Waals surface area contributed by atoms with E-state index in [4.69, 9.17) is 10.3 Å². The molecule has 20 heavy (non-hydrogen) atoms. The Hall–Kier alpha value is -2.69. The van der Waals surface area contributed by atoms with Crippen molar-refractivity contribution in [1.82, 2.24) is 10.1 Å². The standard InChI is InChI=1S/C15H12FN3O/c1-9-5-11(7-12(16)6-9)14-13(15(17)19-20-14)10-3-2-4-18-8-10/h2-8H,1H3,(H2,17,19). The molecule has 0 spiro atoms. The second-order valence-electron chi connectivity index (χ2n) is 4.53. The highest BCUT2D eigenvalue weighted by atomic mass is 19.1. The molecule has 3 aromatic rings. The lowest BCUT2D eigenvalue weighted by atomic mass is 10.0. The zero-order chi connectivity index (χ0) is 14.1. The summed E-state index contributed by atoms with van der Waals surface area (Å²) in [5.41, 5.74) is 8.67. The fourth-order valence-electron chi connectivity index (χ4n) is 2.16. The van der Waals surface area contributed by atoms with Gasteiger partial charge in [-0.25, -0.2) is 4.39 Å². The molecule has 0 fully saturated rings. The fourth-order valence-corrected chi connectivity index (χ4v) is 2.16. The summed E-state index contributed by atoms with van der Waals surface area (Å²) in [6.07, 6.45) is 3.33. The van der Waals surface area contributed by atoms with E-state index in [1.54, 1.807) is 18.5 Å². The molecular formula is C15H12FN3O. The van der Waals surface area contributed by atoms with Crippen LogP contribution < -0.4 is 5.73 Å². The molecule has 5 heteroatoms. The minimum atomic E-state index is -0.327. The number of hydrogen-bond acceptors (Lipinski definition) is 4. The summed E-state index contributed by atoms with van der Waals surface area (Å²) in [5.74, 6) is 0.375. The number of nitrogens with zero attached hydrogens (tertiary/aromatic N) is 2. The summed E-state index contributed by atoms with van der Waals surface area (Å²) >= 11 is 0. The van der Waals surface area contributed by atoms with E-state index in [0.717, 1.165) is 11.1 Å². The molecule has 0 amide bonds. The first-order chi connectivity index (χ1) is 9.65. The van der Waals surface area contributed by atoms with Crippen LogP contribution in [0.5, 0.6) is 0 Å². The highest BCUT2D eigenvalue weighted by molar-refractivity contribution is 5.86. The third-order valence-corrected chi connectivity index (χ3v) is 2.97. The highest BCUT2D eigenvalue weighted by Gasteiger charge is 2.18. The second kappa shape index (κ2) is 4.77. The van der Waals surface area contributed by atoms with Gasteiger partial charge in [0.05, 0.1) is 5.56 Å². The van der Waals surface area contributed by atoms with Crippen LogP contribution in [0.2, 0.25) is 0 Å². The van der Waals surface area contributed by atoms with Gasteiger partial charge in [-0.3, -0.25) is 4.98 Å². The van der Waals surface area contributed by atoms with Crippen LogP contribution in [0, 0.1) is 12.7 Å². The van der Waals surface area contributed by atoms with Gasteiger partial charge in [0, 0.05) is 23.5 Å². The molecule has 0 unspecified atom stereocenters. The summed E-state index contributed by atoms with van der Waals surface area (Å²) in [6.45, 7) is 1.82. The summed E-state index contributed by atoms with van der Waals surface area (Å²) in [6, 6.07) is 8.32. The predicted octanol–water partition coefficient (Wildman–Crippen LogP) is 3.43. The van der Waals surface area contributed by atoms with Gasteiger partial charge in [0.2, 0.25) is 0 Å². The van der Waals surface area contributed by atoms with Crippen molar-refractivity contribution in [1.29, 1.82) is 0 Å². The van der Waals surface area contributed by atoms with Crippen LogP contribution in [0.4, 0.5) is 10.2 Å². The van der Waals surface area contributed by atoms with E-state index in [2.05, 4.69) is 10.1 Å². The number of aryl methyl sites for hydroxylation is 1. The molecule has 0 aliphatic rings. The van der Waals surface area contributed by atoms with Crippen LogP contribution in [0.25, 0.3) is 22.5 Å². The monoisotopic (exact) mass is 269 g/mol. The first-order valence-electron chi connectivity index (χ1n) is 6.08. The normalized spacial score (nSPS) is 10.7. The average Bonchev–Trinajstić information content (AvgIpc) is 2.80. The number of halogens is 1. The summed E-state index contributed by atoms with van der Waals surface area (Å²) < 4.78 is 18.8. The van der Waals surface area contributed by atoms with Crippen molar-refractivity contribution in [2.45, 2.75) is 6.92 Å². The summed E-state index contributed by atoms with van der Waals surface area (Å²) in [5, 5.41) is 3.78. The minimum Gasteiger partial charge on any atom is -0.380 e. The maximum atomic E-state index is 13.5. The van der Waals surface area contributed by atoms with Gasteiger partial charge in [-0.1, -0.05) is 11.2 Å². The van der Waals surface area contributed by atoms with Gasteiger partial charge in [0.25, 0.3) is 0 Å². The van der Waals surface area contributed by atoms with Gasteiger partial charge in [-0.15, -0.1) is 0 Å². The number of nitrogen functional groups attached to an aromatic ring is 1. The van der Waals surface area contributed by atoms with Crippen LogP contribution in [0.15, 0.2) is 47.2 Å². The molecule has 0 aliphatic carbocycles. The average molecular weight is 269 g/mol. The molecule has 2 N–H and O–H groups in total. The number of aromatic nitrogens is 2. The number of benzene rings is 1. The molecule has 0 aliphatic heterocycles. The highest BCUT2D eigenvalue weighted by Crippen LogP contribution is 2.36. The van der Waals surface area contributed by atoms with Crippen molar-refractivity contribution in [3.63, 3.8) is 0 Å². The molecule has 0 saturated heterocycles. The van der Waals surface area contributed by atoms with E-state index in [1.165, 1.54) is 12.1 Å². The Morgan fingerprint density at radius 3 is 2.75 bits per heavy atom. The molecule has 3 rings (SSSR count). The van der Waals surface area contributed by atoms with E-state index >= 15 is 0 Å². The van der Waals surface area contributed by atoms with Gasteiger partial charge in [-0.05, 0) is 36.8 Å². The maximum absolute atomic E-state index is 13.5. The zero-order valence-corrected chi connectivity index (χ0v) is 10.8. The number of anilines is 1. The van der Waals surface area contributed by atoms with Gasteiger partial charge >= 0.3 is 0 Å². The predicted molar refractivity (Wildman–Crippen MR) is 74.3 cm³/mol. The summed E-state index contributed by atoms with van der Waals surface area (Å²) in [7, 11) is 0. The van der Waals surface area contributed by atoms with E-state index in [-0.39, 0.29) is 11.6 Å². The van der Waals surface area contributed by atoms with Crippen LogP contribution in [0.1, 0.15) is 5.56 Å². The van der Waals surface area contributed by atoms with E-state index < -0.39 is 0 Å². The summed E-state index contributed by atoms with van der Waals surface area (Å²) in [4.78, 5) is 4.05. The Bertz CT molecular complexity index is 733. The Labute approximate surface area is 115 Å². The third kappa shape index (κ3) is 2.14. The quantitative estimate of drug-likeness (QED) is 0.774. The first kappa shape index (κ1) is 12.3. The molecule has 2 aromatic heterocycles. The lowest BCUT2D eigenvalue weighted by Gasteiger charge is -2.03. The zero-order valence-electron chi connectivity index (χ0n) is 10.8. The Morgan fingerprint density at radius 2 is 2.05 bits per heavy atom. The van der Waals surface area contributed by atoms with Crippen molar-refractivity contribution in [2.75, 3.05) is 5.73 Å².